The van der Waals surface area contributed by atoms with Gasteiger partial charge in [-0.15, -0.1) is 10.2 Å². The van der Waals surface area contributed by atoms with Crippen LogP contribution in [0, 0.1) is 0 Å². The molecule has 0 aliphatic rings. The molecule has 0 atom stereocenters. The summed E-state index contributed by atoms with van der Waals surface area (Å²) >= 11 is 4.70. The quantitative estimate of drug-likeness (QED) is 0.655. The highest BCUT2D eigenvalue weighted by Gasteiger charge is 1.97. The van der Waals surface area contributed by atoms with Crippen LogP contribution in [0.4, 0.5) is 0 Å². The van der Waals surface area contributed by atoms with E-state index >= 15 is 0 Å². The smallest absolute Gasteiger partial charge is 0.177 e. The van der Waals surface area contributed by atoms with E-state index in [0.717, 1.165) is 0 Å². The number of hydrogen-bond donors (Lipinski definition) is 1. The molecule has 0 aliphatic carbocycles. The lowest BCUT2D eigenvalue weighted by atomic mass is 10.4. The minimum atomic E-state index is 0.509. The van der Waals surface area contributed by atoms with E-state index in [4.69, 9.17) is 17.0 Å². The van der Waals surface area contributed by atoms with Crippen LogP contribution in [-0.2, 0) is 11.2 Å². The molecule has 6 heteroatoms. The van der Waals surface area contributed by atoms with Gasteiger partial charge in [-0.05, 0) is 12.2 Å². The van der Waals surface area contributed by atoms with Gasteiger partial charge in [-0.1, -0.05) is 5.21 Å². The van der Waals surface area contributed by atoms with Gasteiger partial charge in [0.1, 0.15) is 0 Å². The predicted molar refractivity (Wildman–Crippen MR) is 42.1 cm³/mol. The molecular formula is C5H8N4OS. The Morgan fingerprint density at radius 1 is 1.73 bits per heavy atom. The van der Waals surface area contributed by atoms with E-state index in [2.05, 4.69) is 20.6 Å². The van der Waals surface area contributed by atoms with E-state index in [9.17, 15) is 0 Å². The average molecular weight is 172 g/mol. The van der Waals surface area contributed by atoms with Crippen LogP contribution in [0.3, 0.4) is 0 Å². The topological polar surface area (TPSA) is 63.7 Å². The van der Waals surface area contributed by atoms with E-state index in [1.165, 1.54) is 0 Å². The van der Waals surface area contributed by atoms with Gasteiger partial charge in [-0.3, -0.25) is 0 Å². The van der Waals surface area contributed by atoms with Gasteiger partial charge in [-0.2, -0.15) is 5.21 Å². The molecular weight excluding hydrogens is 164 g/mol. The first kappa shape index (κ1) is 8.06. The molecule has 0 unspecified atom stereocenters. The van der Waals surface area contributed by atoms with Crippen molar-refractivity contribution in [3.8, 4) is 0 Å². The Balaban J connectivity index is 2.19. The van der Waals surface area contributed by atoms with Crippen LogP contribution in [0.1, 0.15) is 12.7 Å². The van der Waals surface area contributed by atoms with Crippen LogP contribution in [0.15, 0.2) is 0 Å². The average Bonchev–Trinajstić information content (AvgIpc) is 2.39. The molecule has 0 saturated carbocycles. The minimum Gasteiger partial charge on any atom is -0.487 e. The molecule has 0 spiro atoms. The van der Waals surface area contributed by atoms with Crippen molar-refractivity contribution in [2.75, 3.05) is 6.61 Å². The van der Waals surface area contributed by atoms with Crippen molar-refractivity contribution < 1.29 is 4.74 Å². The molecule has 0 bridgehead atoms. The second kappa shape index (κ2) is 3.97. The fourth-order valence-electron chi connectivity index (χ4n) is 0.574. The van der Waals surface area contributed by atoms with Gasteiger partial charge >= 0.3 is 0 Å². The van der Waals surface area contributed by atoms with Gasteiger partial charge < -0.3 is 4.74 Å². The summed E-state index contributed by atoms with van der Waals surface area (Å²) in [6.45, 7) is 2.24. The zero-order valence-electron chi connectivity index (χ0n) is 6.07. The molecule has 0 saturated heterocycles. The lowest BCUT2D eigenvalue weighted by Crippen LogP contribution is -2.02. The highest BCUT2D eigenvalue weighted by Crippen LogP contribution is 1.88. The summed E-state index contributed by atoms with van der Waals surface area (Å²) in [6, 6.07) is 0. The minimum absolute atomic E-state index is 0.509. The number of H-pyrrole nitrogens is 1. The maximum Gasteiger partial charge on any atom is 0.177 e. The predicted octanol–water partition coefficient (Wildman–Crippen LogP) is 0.106. The summed E-state index contributed by atoms with van der Waals surface area (Å²) in [6.07, 6.45) is 0.629. The third-order valence-corrected chi connectivity index (χ3v) is 1.14. The zero-order chi connectivity index (χ0) is 8.10. The number of hydrogen-bond acceptors (Lipinski definition) is 5. The number of tetrazole rings is 1. The van der Waals surface area contributed by atoms with E-state index in [-0.39, 0.29) is 0 Å². The maximum atomic E-state index is 5.02. The zero-order valence-corrected chi connectivity index (χ0v) is 6.89. The number of nitrogens with one attached hydrogen (secondary N) is 1. The van der Waals surface area contributed by atoms with Crippen molar-refractivity contribution in [2.45, 2.75) is 13.3 Å². The Hall–Kier alpha value is -1.04. The van der Waals surface area contributed by atoms with Gasteiger partial charge in [0.25, 0.3) is 0 Å². The van der Waals surface area contributed by atoms with Crippen molar-refractivity contribution in [3.05, 3.63) is 5.82 Å². The van der Waals surface area contributed by atoms with Crippen molar-refractivity contribution in [1.82, 2.24) is 20.6 Å². The molecule has 1 N–H and O–H groups in total. The molecule has 1 aromatic heterocycles. The monoisotopic (exact) mass is 172 g/mol. The Bertz CT molecular complexity index is 222. The van der Waals surface area contributed by atoms with E-state index in [1.807, 2.05) is 0 Å². The lowest BCUT2D eigenvalue weighted by molar-refractivity contribution is 0.312. The number of aromatic nitrogens is 4. The van der Waals surface area contributed by atoms with Gasteiger partial charge in [-0.25, -0.2) is 0 Å². The second-order valence-electron chi connectivity index (χ2n) is 1.92. The summed E-state index contributed by atoms with van der Waals surface area (Å²) < 4.78 is 5.02. The molecule has 0 aromatic carbocycles. The molecule has 1 rings (SSSR count). The van der Waals surface area contributed by atoms with Crippen LogP contribution in [0.25, 0.3) is 0 Å². The largest absolute Gasteiger partial charge is 0.487 e. The molecule has 0 amide bonds. The third kappa shape index (κ3) is 3.03. The van der Waals surface area contributed by atoms with Crippen LogP contribution >= 0.6 is 12.2 Å². The van der Waals surface area contributed by atoms with Gasteiger partial charge in [0.05, 0.1) is 6.61 Å². The highest BCUT2D eigenvalue weighted by molar-refractivity contribution is 7.80. The van der Waals surface area contributed by atoms with E-state index < -0.39 is 0 Å². The SMILES string of the molecule is CC(=S)OCCc1nn[nH]n1. The summed E-state index contributed by atoms with van der Waals surface area (Å²) in [7, 11) is 0. The molecule has 0 fully saturated rings. The van der Waals surface area contributed by atoms with E-state index in [1.54, 1.807) is 6.92 Å². The standard InChI is InChI=1S/C5H8N4OS/c1-4(11)10-3-2-5-6-8-9-7-5/h2-3H2,1H3,(H,6,7,8,9). The summed E-state index contributed by atoms with van der Waals surface area (Å²) in [5.41, 5.74) is 0. The number of aromatic amines is 1. The van der Waals surface area contributed by atoms with E-state index in [0.29, 0.717) is 23.9 Å². The molecule has 1 heterocycles. The Morgan fingerprint density at radius 3 is 3.09 bits per heavy atom. The van der Waals surface area contributed by atoms with Crippen molar-refractivity contribution in [3.63, 3.8) is 0 Å². The number of thiocarbonyl (C=S) groups is 1. The summed E-state index contributed by atoms with van der Waals surface area (Å²) in [5.74, 6) is 0.640. The van der Waals surface area contributed by atoms with Crippen LogP contribution in [0.2, 0.25) is 0 Å². The Morgan fingerprint density at radius 2 is 2.55 bits per heavy atom. The van der Waals surface area contributed by atoms with Gasteiger partial charge in [0, 0.05) is 13.3 Å². The first-order chi connectivity index (χ1) is 5.29. The van der Waals surface area contributed by atoms with Gasteiger partial charge in [0.2, 0.25) is 0 Å². The summed E-state index contributed by atoms with van der Waals surface area (Å²) in [5, 5.41) is 13.8. The number of ether oxygens (including phenoxy) is 1. The number of nitrogens with zero attached hydrogens (tertiary/aromatic N) is 3. The third-order valence-electron chi connectivity index (χ3n) is 1.02. The molecule has 5 nitrogen and oxygen atoms in total. The lowest BCUT2D eigenvalue weighted by Gasteiger charge is -1.98. The van der Waals surface area contributed by atoms with Crippen molar-refractivity contribution >= 4 is 17.3 Å². The normalized spacial score (nSPS) is 9.55. The van der Waals surface area contributed by atoms with Gasteiger partial charge in [0.15, 0.2) is 10.9 Å². The fourth-order valence-corrected chi connectivity index (χ4v) is 0.658. The Kier molecular flexibility index (Phi) is 2.91. The van der Waals surface area contributed by atoms with Crippen molar-refractivity contribution in [2.24, 2.45) is 0 Å². The molecule has 1 aromatic rings. The molecule has 0 radical (unpaired) electrons. The van der Waals surface area contributed by atoms with Crippen LogP contribution < -0.4 is 0 Å². The maximum absolute atomic E-state index is 5.02. The summed E-state index contributed by atoms with van der Waals surface area (Å²) in [4.78, 5) is 0. The first-order valence-electron chi connectivity index (χ1n) is 3.14. The van der Waals surface area contributed by atoms with Crippen LogP contribution in [-0.4, -0.2) is 32.3 Å². The first-order valence-corrected chi connectivity index (χ1v) is 3.55. The van der Waals surface area contributed by atoms with Crippen molar-refractivity contribution in [1.29, 1.82) is 0 Å². The molecule has 0 aliphatic heterocycles. The fraction of sp³-hybridized carbons (Fsp3) is 0.600. The highest BCUT2D eigenvalue weighted by atomic mass is 32.1. The Labute approximate surface area is 69.1 Å². The second-order valence-corrected chi connectivity index (χ2v) is 2.49. The molecule has 11 heavy (non-hydrogen) atoms. The van der Waals surface area contributed by atoms with Crippen LogP contribution in [0.5, 0.6) is 0 Å². The molecule has 60 valence electrons. The number of rotatable bonds is 3.